The van der Waals surface area contributed by atoms with Crippen LogP contribution in [-0.2, 0) is 6.42 Å². The average molecular weight is 407 g/mol. The van der Waals surface area contributed by atoms with Crippen molar-refractivity contribution in [1.29, 1.82) is 0 Å². The van der Waals surface area contributed by atoms with E-state index in [2.05, 4.69) is 28.5 Å². The van der Waals surface area contributed by atoms with Crippen LogP contribution in [0.25, 0.3) is 0 Å². The summed E-state index contributed by atoms with van der Waals surface area (Å²) in [6.07, 6.45) is 4.14. The van der Waals surface area contributed by atoms with Gasteiger partial charge in [-0.05, 0) is 51.5 Å². The van der Waals surface area contributed by atoms with Crippen molar-refractivity contribution in [2.75, 3.05) is 0 Å². The third kappa shape index (κ3) is 4.22. The van der Waals surface area contributed by atoms with E-state index in [4.69, 9.17) is 28.3 Å². The van der Waals surface area contributed by atoms with Crippen molar-refractivity contribution in [1.82, 2.24) is 19.7 Å². The number of benzene rings is 1. The monoisotopic (exact) mass is 406 g/mol. The van der Waals surface area contributed by atoms with Gasteiger partial charge in [-0.3, -0.25) is 4.68 Å². The predicted molar refractivity (Wildman–Crippen MR) is 108 cm³/mol. The van der Waals surface area contributed by atoms with Gasteiger partial charge in [-0.1, -0.05) is 35.0 Å². The Morgan fingerprint density at radius 2 is 1.81 bits per heavy atom. The van der Waals surface area contributed by atoms with E-state index in [1.54, 1.807) is 24.2 Å². The van der Waals surface area contributed by atoms with Crippen LogP contribution in [0, 0.1) is 13.8 Å². The minimum Gasteiger partial charge on any atom is -0.256 e. The number of aryl methyl sites for hydroxylation is 2. The number of aromatic nitrogens is 4. The third-order valence-electron chi connectivity index (χ3n) is 4.05. The standard InChI is InChI=1S/C19H20Cl2N4S/c1-11(2)25-19(26-16-6-14(20)5-15(21)7-16)17(13(4)24-25)8-18-12(3)9-22-10-23-18/h5-7,9-11H,8H2,1-4H3. The molecule has 7 heteroatoms. The van der Waals surface area contributed by atoms with Gasteiger partial charge in [-0.25, -0.2) is 9.97 Å². The first kappa shape index (κ1) is 19.2. The van der Waals surface area contributed by atoms with Gasteiger partial charge in [-0.15, -0.1) is 0 Å². The van der Waals surface area contributed by atoms with Gasteiger partial charge in [0.05, 0.1) is 11.4 Å². The number of hydrogen-bond donors (Lipinski definition) is 0. The Labute approximate surface area is 168 Å². The average Bonchev–Trinajstić information content (AvgIpc) is 2.85. The van der Waals surface area contributed by atoms with Crippen LogP contribution in [-0.4, -0.2) is 19.7 Å². The van der Waals surface area contributed by atoms with E-state index < -0.39 is 0 Å². The van der Waals surface area contributed by atoms with Crippen LogP contribution in [0.4, 0.5) is 0 Å². The van der Waals surface area contributed by atoms with E-state index in [-0.39, 0.29) is 6.04 Å². The van der Waals surface area contributed by atoms with Crippen LogP contribution in [0.5, 0.6) is 0 Å². The largest absolute Gasteiger partial charge is 0.256 e. The summed E-state index contributed by atoms with van der Waals surface area (Å²) in [7, 11) is 0. The Morgan fingerprint density at radius 3 is 2.42 bits per heavy atom. The topological polar surface area (TPSA) is 43.6 Å². The summed E-state index contributed by atoms with van der Waals surface area (Å²) in [5.74, 6) is 0. The van der Waals surface area contributed by atoms with Gasteiger partial charge in [-0.2, -0.15) is 5.10 Å². The lowest BCUT2D eigenvalue weighted by atomic mass is 10.1. The zero-order valence-electron chi connectivity index (χ0n) is 15.1. The number of rotatable bonds is 5. The van der Waals surface area contributed by atoms with Crippen LogP contribution in [0.3, 0.4) is 0 Å². The first-order chi connectivity index (χ1) is 12.3. The summed E-state index contributed by atoms with van der Waals surface area (Å²) in [6, 6.07) is 5.82. The zero-order valence-corrected chi connectivity index (χ0v) is 17.5. The minimum atomic E-state index is 0.242. The number of nitrogens with zero attached hydrogens (tertiary/aromatic N) is 4. The molecule has 2 aromatic heterocycles. The summed E-state index contributed by atoms with van der Waals surface area (Å²) >= 11 is 14.0. The van der Waals surface area contributed by atoms with Crippen molar-refractivity contribution >= 4 is 35.0 Å². The maximum Gasteiger partial charge on any atom is 0.115 e. The molecule has 0 fully saturated rings. The van der Waals surface area contributed by atoms with Crippen molar-refractivity contribution in [3.05, 3.63) is 63.3 Å². The van der Waals surface area contributed by atoms with Crippen LogP contribution >= 0.6 is 35.0 Å². The number of hydrogen-bond acceptors (Lipinski definition) is 4. The molecule has 0 atom stereocenters. The van der Waals surface area contributed by atoms with Gasteiger partial charge in [0, 0.05) is 39.2 Å². The molecule has 0 aliphatic heterocycles. The molecule has 0 unspecified atom stereocenters. The molecule has 0 radical (unpaired) electrons. The van der Waals surface area contributed by atoms with Gasteiger partial charge in [0.2, 0.25) is 0 Å². The first-order valence-electron chi connectivity index (χ1n) is 8.32. The molecule has 26 heavy (non-hydrogen) atoms. The van der Waals surface area contributed by atoms with E-state index in [1.165, 1.54) is 5.56 Å². The summed E-state index contributed by atoms with van der Waals surface area (Å²) in [5, 5.41) is 7.11. The molecular weight excluding hydrogens is 387 g/mol. The van der Waals surface area contributed by atoms with Gasteiger partial charge in [0.15, 0.2) is 0 Å². The summed E-state index contributed by atoms with van der Waals surface area (Å²) < 4.78 is 2.06. The SMILES string of the molecule is Cc1cncnc1Cc1c(C)nn(C(C)C)c1Sc1cc(Cl)cc(Cl)c1. The Morgan fingerprint density at radius 1 is 1.12 bits per heavy atom. The van der Waals surface area contributed by atoms with Gasteiger partial charge >= 0.3 is 0 Å². The van der Waals surface area contributed by atoms with Crippen molar-refractivity contribution in [2.24, 2.45) is 0 Å². The highest BCUT2D eigenvalue weighted by Crippen LogP contribution is 2.37. The van der Waals surface area contributed by atoms with Crippen LogP contribution in [0.1, 0.15) is 42.4 Å². The Kier molecular flexibility index (Phi) is 5.90. The zero-order chi connectivity index (χ0) is 18.8. The smallest absolute Gasteiger partial charge is 0.115 e. The van der Waals surface area contributed by atoms with Crippen molar-refractivity contribution < 1.29 is 0 Å². The van der Waals surface area contributed by atoms with Crippen molar-refractivity contribution in [2.45, 2.75) is 50.1 Å². The molecule has 0 saturated heterocycles. The lowest BCUT2D eigenvalue weighted by molar-refractivity contribution is 0.489. The maximum absolute atomic E-state index is 6.18. The van der Waals surface area contributed by atoms with E-state index in [9.17, 15) is 0 Å². The number of halogens is 2. The summed E-state index contributed by atoms with van der Waals surface area (Å²) in [5.41, 5.74) is 4.26. The van der Waals surface area contributed by atoms with E-state index >= 15 is 0 Å². The predicted octanol–water partition coefficient (Wildman–Crippen LogP) is 5.92. The van der Waals surface area contributed by atoms with Crippen LogP contribution < -0.4 is 0 Å². The molecule has 136 valence electrons. The normalized spacial score (nSPS) is 11.3. The molecule has 4 nitrogen and oxygen atoms in total. The van der Waals surface area contributed by atoms with Gasteiger partial charge in [0.25, 0.3) is 0 Å². The fourth-order valence-electron chi connectivity index (χ4n) is 2.70. The lowest BCUT2D eigenvalue weighted by Gasteiger charge is -2.13. The summed E-state index contributed by atoms with van der Waals surface area (Å²) in [6.45, 7) is 8.32. The second kappa shape index (κ2) is 7.99. The Bertz CT molecular complexity index is 917. The molecule has 3 aromatic rings. The highest BCUT2D eigenvalue weighted by Gasteiger charge is 2.20. The molecule has 0 bridgehead atoms. The molecule has 0 aliphatic rings. The molecule has 0 amide bonds. The molecule has 0 saturated carbocycles. The second-order valence-corrected chi connectivity index (χ2v) is 8.38. The van der Waals surface area contributed by atoms with Crippen molar-refractivity contribution in [3.63, 3.8) is 0 Å². The van der Waals surface area contributed by atoms with Gasteiger partial charge in [0.1, 0.15) is 11.4 Å². The highest BCUT2D eigenvalue weighted by atomic mass is 35.5. The van der Waals surface area contributed by atoms with E-state index in [0.29, 0.717) is 16.5 Å². The second-order valence-electron chi connectivity index (χ2n) is 6.44. The molecular formula is C19H20Cl2N4S. The molecule has 1 aromatic carbocycles. The van der Waals surface area contributed by atoms with Crippen LogP contribution in [0.15, 0.2) is 40.6 Å². The Balaban J connectivity index is 2.05. The van der Waals surface area contributed by atoms with E-state index in [1.807, 2.05) is 32.2 Å². The highest BCUT2D eigenvalue weighted by molar-refractivity contribution is 7.99. The molecule has 0 spiro atoms. The third-order valence-corrected chi connectivity index (χ3v) is 5.58. The van der Waals surface area contributed by atoms with Crippen molar-refractivity contribution in [3.8, 4) is 0 Å². The maximum atomic E-state index is 6.18. The fourth-order valence-corrected chi connectivity index (χ4v) is 4.64. The molecule has 0 N–H and O–H groups in total. The Hall–Kier alpha value is -1.56. The minimum absolute atomic E-state index is 0.242. The van der Waals surface area contributed by atoms with Gasteiger partial charge < -0.3 is 0 Å². The van der Waals surface area contributed by atoms with E-state index in [0.717, 1.165) is 26.9 Å². The molecule has 2 heterocycles. The van der Waals surface area contributed by atoms with Crippen LogP contribution in [0.2, 0.25) is 10.0 Å². The quantitative estimate of drug-likeness (QED) is 0.527. The lowest BCUT2D eigenvalue weighted by Crippen LogP contribution is -2.05. The fraction of sp³-hybridized carbons (Fsp3) is 0.316. The first-order valence-corrected chi connectivity index (χ1v) is 9.89. The summed E-state index contributed by atoms with van der Waals surface area (Å²) in [4.78, 5) is 9.52. The molecule has 0 aliphatic carbocycles. The molecule has 3 rings (SSSR count).